The fourth-order valence-corrected chi connectivity index (χ4v) is 2.00. The topological polar surface area (TPSA) is 44.5 Å². The molecule has 0 aliphatic rings. The highest BCUT2D eigenvalue weighted by Crippen LogP contribution is 2.33. The summed E-state index contributed by atoms with van der Waals surface area (Å²) in [7, 11) is 3.33. The number of hydrogen-bond donors (Lipinski definition) is 1. The predicted octanol–water partition coefficient (Wildman–Crippen LogP) is 3.39. The molecule has 0 radical (unpaired) electrons. The highest BCUT2D eigenvalue weighted by atomic mass is 16.5. The largest absolute Gasteiger partial charge is 0.497 e. The van der Waals surface area contributed by atoms with Crippen molar-refractivity contribution in [3.63, 3.8) is 0 Å². The Balaban J connectivity index is 2.48. The number of benzene rings is 2. The second-order valence-corrected chi connectivity index (χ2v) is 4.48. The predicted molar refractivity (Wildman–Crippen MR) is 77.6 cm³/mol. The molecule has 2 N–H and O–H groups in total. The maximum absolute atomic E-state index is 5.94. The fraction of sp³-hybridized carbons (Fsp3) is 0.250. The van der Waals surface area contributed by atoms with Gasteiger partial charge in [-0.05, 0) is 42.3 Å². The Morgan fingerprint density at radius 3 is 2.16 bits per heavy atom. The van der Waals surface area contributed by atoms with Crippen molar-refractivity contribution in [1.29, 1.82) is 0 Å². The fourth-order valence-electron chi connectivity index (χ4n) is 2.00. The average Bonchev–Trinajstić information content (AvgIpc) is 2.46. The van der Waals surface area contributed by atoms with Crippen molar-refractivity contribution in [2.75, 3.05) is 14.2 Å². The van der Waals surface area contributed by atoms with Crippen molar-refractivity contribution in [1.82, 2.24) is 0 Å². The Labute approximate surface area is 114 Å². The van der Waals surface area contributed by atoms with Gasteiger partial charge in [0.2, 0.25) is 0 Å². The van der Waals surface area contributed by atoms with Gasteiger partial charge in [-0.3, -0.25) is 0 Å². The number of rotatable bonds is 4. The van der Waals surface area contributed by atoms with Crippen LogP contribution in [0.25, 0.3) is 11.1 Å². The van der Waals surface area contributed by atoms with Crippen LogP contribution in [-0.4, -0.2) is 14.2 Å². The minimum Gasteiger partial charge on any atom is -0.497 e. The standard InChI is InChI=1S/C16H19NO2/c1-11(17)13-6-9-16(19-3)15(10-13)12-4-7-14(18-2)8-5-12/h4-11H,17H2,1-3H3. The second-order valence-electron chi connectivity index (χ2n) is 4.48. The van der Waals surface area contributed by atoms with Gasteiger partial charge in [-0.2, -0.15) is 0 Å². The molecule has 0 heterocycles. The van der Waals surface area contributed by atoms with Gasteiger partial charge in [0, 0.05) is 11.6 Å². The first kappa shape index (κ1) is 13.4. The normalized spacial score (nSPS) is 12.0. The third-order valence-electron chi connectivity index (χ3n) is 3.15. The molecule has 0 aliphatic carbocycles. The highest BCUT2D eigenvalue weighted by molar-refractivity contribution is 5.71. The van der Waals surface area contributed by atoms with Gasteiger partial charge in [0.25, 0.3) is 0 Å². The lowest BCUT2D eigenvalue weighted by molar-refractivity contribution is 0.414. The highest BCUT2D eigenvalue weighted by Gasteiger charge is 2.09. The van der Waals surface area contributed by atoms with Crippen molar-refractivity contribution < 1.29 is 9.47 Å². The Kier molecular flexibility index (Phi) is 4.07. The lowest BCUT2D eigenvalue weighted by Crippen LogP contribution is -2.05. The van der Waals surface area contributed by atoms with E-state index in [0.717, 1.165) is 28.2 Å². The molecular formula is C16H19NO2. The summed E-state index contributed by atoms with van der Waals surface area (Å²) in [4.78, 5) is 0. The minimum absolute atomic E-state index is 0.00269. The van der Waals surface area contributed by atoms with E-state index in [-0.39, 0.29) is 6.04 Å². The van der Waals surface area contributed by atoms with Gasteiger partial charge in [-0.15, -0.1) is 0 Å². The van der Waals surface area contributed by atoms with Crippen molar-refractivity contribution in [2.45, 2.75) is 13.0 Å². The van der Waals surface area contributed by atoms with Gasteiger partial charge in [0.1, 0.15) is 11.5 Å². The van der Waals surface area contributed by atoms with Crippen LogP contribution in [0.15, 0.2) is 42.5 Å². The van der Waals surface area contributed by atoms with E-state index in [1.54, 1.807) is 14.2 Å². The molecule has 0 aliphatic heterocycles. The van der Waals surface area contributed by atoms with Crippen molar-refractivity contribution in [3.05, 3.63) is 48.0 Å². The molecule has 19 heavy (non-hydrogen) atoms. The van der Waals surface area contributed by atoms with Crippen LogP contribution in [0, 0.1) is 0 Å². The summed E-state index contributed by atoms with van der Waals surface area (Å²) >= 11 is 0. The summed E-state index contributed by atoms with van der Waals surface area (Å²) in [5, 5.41) is 0. The van der Waals surface area contributed by atoms with Crippen LogP contribution in [0.4, 0.5) is 0 Å². The summed E-state index contributed by atoms with van der Waals surface area (Å²) in [5.41, 5.74) is 9.15. The molecule has 2 aromatic carbocycles. The Morgan fingerprint density at radius 1 is 0.947 bits per heavy atom. The molecule has 0 aromatic heterocycles. The van der Waals surface area contributed by atoms with Crippen LogP contribution in [0.1, 0.15) is 18.5 Å². The second kappa shape index (κ2) is 5.76. The Morgan fingerprint density at radius 2 is 1.63 bits per heavy atom. The van der Waals surface area contributed by atoms with E-state index >= 15 is 0 Å². The van der Waals surface area contributed by atoms with Gasteiger partial charge in [0.15, 0.2) is 0 Å². The molecule has 1 atom stereocenters. The Bertz CT molecular complexity index is 547. The molecule has 0 saturated carbocycles. The summed E-state index contributed by atoms with van der Waals surface area (Å²) in [6.07, 6.45) is 0. The molecule has 1 unspecified atom stereocenters. The molecule has 0 spiro atoms. The SMILES string of the molecule is COc1ccc(-c2cc(C(C)N)ccc2OC)cc1. The summed E-state index contributed by atoms with van der Waals surface area (Å²) in [5.74, 6) is 1.68. The van der Waals surface area contributed by atoms with Gasteiger partial charge in [-0.25, -0.2) is 0 Å². The van der Waals surface area contributed by atoms with Gasteiger partial charge >= 0.3 is 0 Å². The van der Waals surface area contributed by atoms with Crippen LogP contribution in [0.3, 0.4) is 0 Å². The lowest BCUT2D eigenvalue weighted by atomic mass is 9.99. The third kappa shape index (κ3) is 2.88. The summed E-state index contributed by atoms with van der Waals surface area (Å²) < 4.78 is 10.6. The first-order valence-electron chi connectivity index (χ1n) is 6.23. The molecule has 0 amide bonds. The van der Waals surface area contributed by atoms with Crippen molar-refractivity contribution in [2.24, 2.45) is 5.73 Å². The quantitative estimate of drug-likeness (QED) is 0.913. The van der Waals surface area contributed by atoms with Crippen LogP contribution >= 0.6 is 0 Å². The minimum atomic E-state index is 0.00269. The van der Waals surface area contributed by atoms with Gasteiger partial charge in [-0.1, -0.05) is 18.2 Å². The van der Waals surface area contributed by atoms with Gasteiger partial charge in [0.05, 0.1) is 14.2 Å². The first-order chi connectivity index (χ1) is 9.15. The number of ether oxygens (including phenoxy) is 2. The van der Waals surface area contributed by atoms with E-state index in [9.17, 15) is 0 Å². The van der Waals surface area contributed by atoms with E-state index in [2.05, 4.69) is 6.07 Å². The lowest BCUT2D eigenvalue weighted by Gasteiger charge is -2.13. The number of hydrogen-bond acceptors (Lipinski definition) is 3. The number of methoxy groups -OCH3 is 2. The Hall–Kier alpha value is -2.00. The van der Waals surface area contributed by atoms with Crippen LogP contribution in [-0.2, 0) is 0 Å². The molecule has 3 heteroatoms. The molecule has 100 valence electrons. The zero-order chi connectivity index (χ0) is 13.8. The average molecular weight is 257 g/mol. The monoisotopic (exact) mass is 257 g/mol. The van der Waals surface area contributed by atoms with Crippen molar-refractivity contribution in [3.8, 4) is 22.6 Å². The molecule has 2 rings (SSSR count). The zero-order valence-corrected chi connectivity index (χ0v) is 11.5. The van der Waals surface area contributed by atoms with E-state index in [0.29, 0.717) is 0 Å². The zero-order valence-electron chi connectivity index (χ0n) is 11.5. The maximum atomic E-state index is 5.94. The molecule has 3 nitrogen and oxygen atoms in total. The van der Waals surface area contributed by atoms with Gasteiger partial charge < -0.3 is 15.2 Å². The molecular weight excluding hydrogens is 238 g/mol. The first-order valence-corrected chi connectivity index (χ1v) is 6.23. The number of nitrogens with two attached hydrogens (primary N) is 1. The summed E-state index contributed by atoms with van der Waals surface area (Å²) in [6, 6.07) is 13.9. The maximum Gasteiger partial charge on any atom is 0.126 e. The van der Waals surface area contributed by atoms with Crippen LogP contribution < -0.4 is 15.2 Å². The van der Waals surface area contributed by atoms with E-state index < -0.39 is 0 Å². The van der Waals surface area contributed by atoms with E-state index in [1.807, 2.05) is 43.3 Å². The van der Waals surface area contributed by atoms with Crippen LogP contribution in [0.2, 0.25) is 0 Å². The smallest absolute Gasteiger partial charge is 0.126 e. The molecule has 0 fully saturated rings. The van der Waals surface area contributed by atoms with E-state index in [4.69, 9.17) is 15.2 Å². The molecule has 2 aromatic rings. The molecule has 0 bridgehead atoms. The molecule has 0 saturated heterocycles. The third-order valence-corrected chi connectivity index (χ3v) is 3.15. The van der Waals surface area contributed by atoms with Crippen molar-refractivity contribution >= 4 is 0 Å². The van der Waals surface area contributed by atoms with E-state index in [1.165, 1.54) is 0 Å². The summed E-state index contributed by atoms with van der Waals surface area (Å²) in [6.45, 7) is 1.97. The van der Waals surface area contributed by atoms with Crippen LogP contribution in [0.5, 0.6) is 11.5 Å².